The number of hydrogen-bond donors (Lipinski definition) is 0. The predicted octanol–water partition coefficient (Wildman–Crippen LogP) is 2.31. The Bertz CT molecular complexity index is 11.6. The zero-order valence-corrected chi connectivity index (χ0v) is 10.1. The third-order valence-electron chi connectivity index (χ3n) is 0. The van der Waals surface area contributed by atoms with Gasteiger partial charge in [0.15, 0.2) is 0 Å². The van der Waals surface area contributed by atoms with Crippen LogP contribution in [-0.4, -0.2) is 18.2 Å². The molecule has 0 aromatic carbocycles. The summed E-state index contributed by atoms with van der Waals surface area (Å²) in [4.78, 5) is 0. The van der Waals surface area contributed by atoms with E-state index in [4.69, 9.17) is 25.5 Å². The normalized spacial score (nSPS) is 7.20. The quantitative estimate of drug-likeness (QED) is 0.399. The molecule has 0 nitrogen and oxygen atoms in total. The van der Waals surface area contributed by atoms with Gasteiger partial charge in [-0.2, -0.15) is 0 Å². The molecule has 0 aliphatic heterocycles. The molecule has 5 heavy (non-hydrogen) atoms. The molecule has 5 heteroatoms. The molecule has 0 N–H and O–H groups in total. The van der Waals surface area contributed by atoms with E-state index >= 15 is 0 Å². The Kier molecular flexibility index (Phi) is 13.6. The average Bonchev–Trinajstić information content (AvgIpc) is 0.811. The first kappa shape index (κ1) is 10.5. The van der Waals surface area contributed by atoms with Gasteiger partial charge in [0.2, 0.25) is 0 Å². The first-order chi connectivity index (χ1) is 1.73. The molecule has 0 atom stereocenters. The molecule has 0 saturated heterocycles. The van der Waals surface area contributed by atoms with Gasteiger partial charge in [-0.1, -0.05) is 0 Å². The van der Waals surface area contributed by atoms with Crippen LogP contribution < -0.4 is 0 Å². The van der Waals surface area contributed by atoms with E-state index in [0.29, 0.717) is 0 Å². The Morgan fingerprint density at radius 1 is 1.00 bits per heavy atom. The number of halogens is 4. The monoisotopic (exact) mass is 442 g/mol. The molecule has 0 radical (unpaired) electrons. The average molecular weight is 443 g/mol. The van der Waals surface area contributed by atoms with Gasteiger partial charge in [-0.05, 0) is 0 Å². The zero-order chi connectivity index (χ0) is 3.58. The summed E-state index contributed by atoms with van der Waals surface area (Å²) in [5.74, 6) is 0. The van der Waals surface area contributed by atoms with Gasteiger partial charge < -0.3 is 0 Å². The Labute approximate surface area is 66.5 Å². The van der Waals surface area contributed by atoms with Crippen molar-refractivity contribution in [3.05, 3.63) is 0 Å². The van der Waals surface area contributed by atoms with E-state index in [-0.39, 0.29) is 24.0 Å². The van der Waals surface area contributed by atoms with Crippen LogP contribution >= 0.6 is 49.5 Å². The van der Waals surface area contributed by atoms with Crippen molar-refractivity contribution >= 4 is 67.7 Å². The molecule has 0 saturated carbocycles. The van der Waals surface area contributed by atoms with Gasteiger partial charge >= 0.3 is 43.7 Å². The SMILES string of the molecule is I.[Cl][Bi]([Cl])[Cl]. The zero-order valence-electron chi connectivity index (χ0n) is 1.99. The van der Waals surface area contributed by atoms with Gasteiger partial charge in [-0.25, -0.2) is 0 Å². The molecule has 0 fully saturated rings. The van der Waals surface area contributed by atoms with E-state index in [1.54, 1.807) is 0 Å². The van der Waals surface area contributed by atoms with Crippen LogP contribution in [0.1, 0.15) is 0 Å². The summed E-state index contributed by atoms with van der Waals surface area (Å²) in [6, 6.07) is 0. The van der Waals surface area contributed by atoms with Crippen molar-refractivity contribution in [3.8, 4) is 0 Å². The molecule has 0 heterocycles. The van der Waals surface area contributed by atoms with E-state index < -0.39 is 18.2 Å². The van der Waals surface area contributed by atoms with Crippen LogP contribution in [0, 0.1) is 0 Å². The van der Waals surface area contributed by atoms with Gasteiger partial charge in [0.05, 0.1) is 0 Å². The van der Waals surface area contributed by atoms with Crippen molar-refractivity contribution in [3.63, 3.8) is 0 Å². The summed E-state index contributed by atoms with van der Waals surface area (Å²) < 4.78 is 0. The molecule has 34 valence electrons. The molecule has 0 bridgehead atoms. The van der Waals surface area contributed by atoms with E-state index in [1.807, 2.05) is 0 Å². The van der Waals surface area contributed by atoms with E-state index in [1.165, 1.54) is 0 Å². The van der Waals surface area contributed by atoms with Crippen molar-refractivity contribution in [2.45, 2.75) is 0 Å². The van der Waals surface area contributed by atoms with Gasteiger partial charge in [0, 0.05) is 0 Å². The fraction of sp³-hybridized carbons (Fsp3) is 0. The molecule has 0 aliphatic carbocycles. The summed E-state index contributed by atoms with van der Waals surface area (Å²) in [7, 11) is 15.0. The van der Waals surface area contributed by atoms with Crippen molar-refractivity contribution in [1.82, 2.24) is 0 Å². The van der Waals surface area contributed by atoms with Gasteiger partial charge in [0.1, 0.15) is 0 Å². The topological polar surface area (TPSA) is 0 Å². The second-order valence-corrected chi connectivity index (χ2v) is 15.1. The maximum absolute atomic E-state index is 5.01. The Balaban J connectivity index is 0. The van der Waals surface area contributed by atoms with Gasteiger partial charge in [-0.15, -0.1) is 24.0 Å². The molecule has 0 rings (SSSR count). The summed E-state index contributed by atoms with van der Waals surface area (Å²) in [5, 5.41) is 0. The Morgan fingerprint density at radius 3 is 1.00 bits per heavy atom. The summed E-state index contributed by atoms with van der Waals surface area (Å²) >= 11 is -2.18. The number of rotatable bonds is 0. The van der Waals surface area contributed by atoms with Crippen LogP contribution in [0.5, 0.6) is 0 Å². The van der Waals surface area contributed by atoms with Crippen LogP contribution in [-0.2, 0) is 0 Å². The second-order valence-electron chi connectivity index (χ2n) is 0.192. The second kappa shape index (κ2) is 6.48. The standard InChI is InChI=1S/Bi.3ClH.HI/h;4*1H/q+3;;;;/p-3. The van der Waals surface area contributed by atoms with Crippen LogP contribution in [0.4, 0.5) is 0 Å². The molecular weight excluding hydrogens is 442 g/mol. The van der Waals surface area contributed by atoms with E-state index in [0.717, 1.165) is 0 Å². The predicted molar refractivity (Wildman–Crippen MR) is 38.7 cm³/mol. The third kappa shape index (κ3) is 21.1. The molecule has 0 aliphatic rings. The molecule has 0 unspecified atom stereocenters. The van der Waals surface area contributed by atoms with Gasteiger partial charge in [0.25, 0.3) is 0 Å². The van der Waals surface area contributed by atoms with Crippen LogP contribution in [0.15, 0.2) is 0 Å². The summed E-state index contributed by atoms with van der Waals surface area (Å²) in [6.45, 7) is 0. The van der Waals surface area contributed by atoms with Crippen LogP contribution in [0.3, 0.4) is 0 Å². The Morgan fingerprint density at radius 2 is 1.00 bits per heavy atom. The summed E-state index contributed by atoms with van der Waals surface area (Å²) in [5.41, 5.74) is 0. The van der Waals surface area contributed by atoms with Crippen molar-refractivity contribution in [1.29, 1.82) is 0 Å². The molecule has 0 spiro atoms. The van der Waals surface area contributed by atoms with Crippen molar-refractivity contribution < 1.29 is 0 Å². The fourth-order valence-corrected chi connectivity index (χ4v) is 0. The minimum atomic E-state index is -2.18. The number of hydrogen-bond acceptors (Lipinski definition) is 0. The first-order valence-electron chi connectivity index (χ1n) is 0.507. The van der Waals surface area contributed by atoms with Gasteiger partial charge in [-0.3, -0.25) is 0 Å². The summed E-state index contributed by atoms with van der Waals surface area (Å²) in [6.07, 6.45) is 0. The van der Waals surface area contributed by atoms with E-state index in [9.17, 15) is 0 Å². The Hall–Kier alpha value is 2.48. The van der Waals surface area contributed by atoms with Crippen molar-refractivity contribution in [2.24, 2.45) is 0 Å². The van der Waals surface area contributed by atoms with Crippen LogP contribution in [0.25, 0.3) is 0 Å². The molecular formula is HBiCl3I. The molecule has 0 aromatic heterocycles. The van der Waals surface area contributed by atoms with E-state index in [2.05, 4.69) is 0 Å². The first-order valence-corrected chi connectivity index (χ1v) is 13.3. The molecule has 0 amide bonds. The van der Waals surface area contributed by atoms with Crippen LogP contribution in [0.2, 0.25) is 0 Å². The fourth-order valence-electron chi connectivity index (χ4n) is 0. The minimum absolute atomic E-state index is 0. The third-order valence-corrected chi connectivity index (χ3v) is 0. The van der Waals surface area contributed by atoms with Crippen molar-refractivity contribution in [2.75, 3.05) is 0 Å². The maximum atomic E-state index is 5.01. The molecule has 0 aromatic rings.